The number of ether oxygens (including phenoxy) is 1. The van der Waals surface area contributed by atoms with Crippen LogP contribution in [-0.2, 0) is 0 Å². The normalized spacial score (nSPS) is 10.1. The standard InChI is InChI=1S/C14H20N2O4/c1-3-7-15(8-9-17)12-5-6-13(16(18)19)14(11-12)20-10-4-2/h3,5-6,11,17H,1,4,7-10H2,2H3. The number of nitro benzene ring substituents is 1. The maximum absolute atomic E-state index is 11.0. The van der Waals surface area contributed by atoms with Gasteiger partial charge in [0.25, 0.3) is 0 Å². The van der Waals surface area contributed by atoms with Gasteiger partial charge >= 0.3 is 5.69 Å². The fraction of sp³-hybridized carbons (Fsp3) is 0.429. The molecule has 0 saturated carbocycles. The molecule has 0 spiro atoms. The number of hydrogen-bond acceptors (Lipinski definition) is 5. The number of rotatable bonds is 9. The zero-order valence-electron chi connectivity index (χ0n) is 11.6. The lowest BCUT2D eigenvalue weighted by Gasteiger charge is -2.22. The van der Waals surface area contributed by atoms with Gasteiger partial charge < -0.3 is 14.7 Å². The van der Waals surface area contributed by atoms with Gasteiger partial charge in [0, 0.05) is 30.9 Å². The molecule has 0 aliphatic heterocycles. The van der Waals surface area contributed by atoms with Gasteiger partial charge in [0.05, 0.1) is 18.1 Å². The summed E-state index contributed by atoms with van der Waals surface area (Å²) >= 11 is 0. The van der Waals surface area contributed by atoms with Crippen molar-refractivity contribution in [1.82, 2.24) is 0 Å². The van der Waals surface area contributed by atoms with Crippen molar-refractivity contribution in [3.8, 4) is 5.75 Å². The SMILES string of the molecule is C=CCN(CCO)c1ccc([N+](=O)[O-])c(OCCC)c1. The highest BCUT2D eigenvalue weighted by Crippen LogP contribution is 2.31. The Bertz CT molecular complexity index is 462. The highest BCUT2D eigenvalue weighted by molar-refractivity contribution is 5.59. The Morgan fingerprint density at radius 2 is 2.30 bits per heavy atom. The average Bonchev–Trinajstić information content (AvgIpc) is 2.44. The molecule has 0 radical (unpaired) electrons. The molecule has 0 heterocycles. The Kier molecular flexibility index (Phi) is 6.52. The van der Waals surface area contributed by atoms with Crippen LogP contribution >= 0.6 is 0 Å². The van der Waals surface area contributed by atoms with Crippen molar-refractivity contribution in [2.24, 2.45) is 0 Å². The van der Waals surface area contributed by atoms with Crippen LogP contribution in [0.1, 0.15) is 13.3 Å². The quantitative estimate of drug-likeness (QED) is 0.427. The lowest BCUT2D eigenvalue weighted by atomic mass is 10.2. The van der Waals surface area contributed by atoms with Gasteiger partial charge in [0.15, 0.2) is 5.75 Å². The predicted molar refractivity (Wildman–Crippen MR) is 78.4 cm³/mol. The number of benzene rings is 1. The lowest BCUT2D eigenvalue weighted by Crippen LogP contribution is -2.26. The number of aliphatic hydroxyl groups is 1. The van der Waals surface area contributed by atoms with E-state index in [1.54, 1.807) is 18.2 Å². The Balaban J connectivity index is 3.08. The fourth-order valence-electron chi connectivity index (χ4n) is 1.78. The first-order valence-corrected chi connectivity index (χ1v) is 6.52. The third-order valence-corrected chi connectivity index (χ3v) is 2.69. The van der Waals surface area contributed by atoms with Gasteiger partial charge in [-0.25, -0.2) is 0 Å². The third kappa shape index (κ3) is 4.24. The maximum atomic E-state index is 11.0. The smallest absolute Gasteiger partial charge is 0.311 e. The maximum Gasteiger partial charge on any atom is 0.311 e. The first kappa shape index (κ1) is 16.0. The molecule has 1 aromatic carbocycles. The van der Waals surface area contributed by atoms with Crippen molar-refractivity contribution in [3.63, 3.8) is 0 Å². The second-order valence-electron chi connectivity index (χ2n) is 4.22. The molecule has 0 unspecified atom stereocenters. The van der Waals surface area contributed by atoms with Gasteiger partial charge in [-0.1, -0.05) is 13.0 Å². The van der Waals surface area contributed by atoms with Crippen LogP contribution < -0.4 is 9.64 Å². The van der Waals surface area contributed by atoms with E-state index in [1.807, 2.05) is 11.8 Å². The van der Waals surface area contributed by atoms with Gasteiger partial charge in [-0.2, -0.15) is 0 Å². The van der Waals surface area contributed by atoms with Crippen molar-refractivity contribution in [2.45, 2.75) is 13.3 Å². The number of nitro groups is 1. The van der Waals surface area contributed by atoms with Gasteiger partial charge in [-0.3, -0.25) is 10.1 Å². The minimum atomic E-state index is -0.460. The van der Waals surface area contributed by atoms with Crippen LogP contribution in [0.5, 0.6) is 5.75 Å². The molecule has 0 bridgehead atoms. The summed E-state index contributed by atoms with van der Waals surface area (Å²) in [5, 5.41) is 20.0. The van der Waals surface area contributed by atoms with E-state index in [2.05, 4.69) is 6.58 Å². The summed E-state index contributed by atoms with van der Waals surface area (Å²) in [6.07, 6.45) is 2.48. The van der Waals surface area contributed by atoms with E-state index < -0.39 is 4.92 Å². The zero-order chi connectivity index (χ0) is 15.0. The van der Waals surface area contributed by atoms with Crippen molar-refractivity contribution in [3.05, 3.63) is 41.0 Å². The summed E-state index contributed by atoms with van der Waals surface area (Å²) < 4.78 is 5.44. The first-order valence-electron chi connectivity index (χ1n) is 6.52. The minimum Gasteiger partial charge on any atom is -0.487 e. The molecular formula is C14H20N2O4. The number of aliphatic hydroxyl groups excluding tert-OH is 1. The molecule has 20 heavy (non-hydrogen) atoms. The van der Waals surface area contributed by atoms with Crippen molar-refractivity contribution in [1.29, 1.82) is 0 Å². The summed E-state index contributed by atoms with van der Waals surface area (Å²) in [7, 11) is 0. The Labute approximate surface area is 118 Å². The van der Waals surface area contributed by atoms with Crippen LogP contribution in [0.15, 0.2) is 30.9 Å². The van der Waals surface area contributed by atoms with E-state index in [0.29, 0.717) is 19.7 Å². The van der Waals surface area contributed by atoms with Gasteiger partial charge in [0.1, 0.15) is 0 Å². The molecule has 1 rings (SSSR count). The van der Waals surface area contributed by atoms with Crippen LogP contribution in [0.2, 0.25) is 0 Å². The summed E-state index contributed by atoms with van der Waals surface area (Å²) in [4.78, 5) is 12.4. The van der Waals surface area contributed by atoms with E-state index in [-0.39, 0.29) is 18.0 Å². The Hall–Kier alpha value is -2.08. The first-order chi connectivity index (χ1) is 9.63. The van der Waals surface area contributed by atoms with Crippen molar-refractivity contribution in [2.75, 3.05) is 31.2 Å². The molecule has 1 aromatic rings. The molecule has 0 amide bonds. The van der Waals surface area contributed by atoms with E-state index in [0.717, 1.165) is 12.1 Å². The van der Waals surface area contributed by atoms with Crippen LogP contribution in [0.3, 0.4) is 0 Å². The number of hydrogen-bond donors (Lipinski definition) is 1. The molecule has 0 aromatic heterocycles. The molecule has 6 heteroatoms. The van der Waals surface area contributed by atoms with Crippen molar-refractivity contribution < 1.29 is 14.8 Å². The topological polar surface area (TPSA) is 75.8 Å². The zero-order valence-corrected chi connectivity index (χ0v) is 11.6. The second-order valence-corrected chi connectivity index (χ2v) is 4.22. The average molecular weight is 280 g/mol. The molecule has 6 nitrogen and oxygen atoms in total. The van der Waals surface area contributed by atoms with Crippen LogP contribution in [-0.4, -0.2) is 36.3 Å². The van der Waals surface area contributed by atoms with E-state index in [4.69, 9.17) is 9.84 Å². The number of nitrogens with zero attached hydrogens (tertiary/aromatic N) is 2. The molecule has 0 atom stereocenters. The third-order valence-electron chi connectivity index (χ3n) is 2.69. The Morgan fingerprint density at radius 3 is 2.85 bits per heavy atom. The summed E-state index contributed by atoms with van der Waals surface area (Å²) in [6, 6.07) is 4.71. The molecule has 1 N–H and O–H groups in total. The molecule has 110 valence electrons. The molecule has 0 saturated heterocycles. The summed E-state index contributed by atoms with van der Waals surface area (Å²) in [5.74, 6) is 0.251. The summed E-state index contributed by atoms with van der Waals surface area (Å²) in [6.45, 7) is 6.99. The van der Waals surface area contributed by atoms with Crippen molar-refractivity contribution >= 4 is 11.4 Å². The van der Waals surface area contributed by atoms with Crippen LogP contribution in [0.4, 0.5) is 11.4 Å². The number of anilines is 1. The molecule has 0 aliphatic carbocycles. The van der Waals surface area contributed by atoms with E-state index >= 15 is 0 Å². The van der Waals surface area contributed by atoms with Gasteiger partial charge in [-0.15, -0.1) is 6.58 Å². The van der Waals surface area contributed by atoms with Gasteiger partial charge in [0.2, 0.25) is 0 Å². The molecule has 0 fully saturated rings. The Morgan fingerprint density at radius 1 is 1.55 bits per heavy atom. The molecular weight excluding hydrogens is 260 g/mol. The summed E-state index contributed by atoms with van der Waals surface area (Å²) in [5.41, 5.74) is 0.709. The van der Waals surface area contributed by atoms with Crippen LogP contribution in [0, 0.1) is 10.1 Å². The lowest BCUT2D eigenvalue weighted by molar-refractivity contribution is -0.385. The van der Waals surface area contributed by atoms with Crippen LogP contribution in [0.25, 0.3) is 0 Å². The van der Waals surface area contributed by atoms with Gasteiger partial charge in [-0.05, 0) is 12.5 Å². The minimum absolute atomic E-state index is 0.00399. The largest absolute Gasteiger partial charge is 0.487 e. The molecule has 0 aliphatic rings. The highest BCUT2D eigenvalue weighted by Gasteiger charge is 2.17. The van der Waals surface area contributed by atoms with E-state index in [9.17, 15) is 10.1 Å². The highest BCUT2D eigenvalue weighted by atomic mass is 16.6. The second kappa shape index (κ2) is 8.16. The monoisotopic (exact) mass is 280 g/mol. The van der Waals surface area contributed by atoms with E-state index in [1.165, 1.54) is 6.07 Å². The predicted octanol–water partition coefficient (Wildman–Crippen LogP) is 2.37. The fourth-order valence-corrected chi connectivity index (χ4v) is 1.78.